The monoisotopic (exact) mass is 314 g/mol. The Labute approximate surface area is 119 Å². The number of fused-ring (bicyclic) bond motifs is 1. The second-order valence-corrected chi connectivity index (χ2v) is 5.48. The highest BCUT2D eigenvalue weighted by Gasteiger charge is 2.24. The van der Waals surface area contributed by atoms with Gasteiger partial charge in [0.1, 0.15) is 5.75 Å². The molecule has 94 valence electrons. The molecule has 0 atom stereocenters. The summed E-state index contributed by atoms with van der Waals surface area (Å²) in [6.45, 7) is 0. The highest BCUT2D eigenvalue weighted by Crippen LogP contribution is 2.30. The molecule has 0 saturated heterocycles. The van der Waals surface area contributed by atoms with Crippen LogP contribution < -0.4 is 0 Å². The number of benzene rings is 2. The van der Waals surface area contributed by atoms with Crippen molar-refractivity contribution in [1.29, 1.82) is 0 Å². The van der Waals surface area contributed by atoms with Gasteiger partial charge in [-0.25, -0.2) is 0 Å². The predicted molar refractivity (Wildman–Crippen MR) is 78.3 cm³/mol. The number of hydrogen-bond acceptors (Lipinski definition) is 2. The first kappa shape index (κ1) is 12.2. The molecule has 0 aromatic heterocycles. The van der Waals surface area contributed by atoms with Gasteiger partial charge < -0.3 is 5.11 Å². The molecule has 1 N–H and O–H groups in total. The van der Waals surface area contributed by atoms with E-state index in [0.29, 0.717) is 12.0 Å². The number of halogens is 1. The Morgan fingerprint density at radius 3 is 2.58 bits per heavy atom. The van der Waals surface area contributed by atoms with Crippen LogP contribution in [-0.2, 0) is 6.42 Å². The number of carbonyl (C=O) groups excluding carboxylic acids is 1. The van der Waals surface area contributed by atoms with Crippen LogP contribution in [0.2, 0.25) is 0 Å². The second-order valence-electron chi connectivity index (χ2n) is 4.57. The largest absolute Gasteiger partial charge is 0.508 e. The Balaban J connectivity index is 1.97. The lowest BCUT2D eigenvalue weighted by Gasteiger charge is -1.97. The van der Waals surface area contributed by atoms with E-state index in [2.05, 4.69) is 15.9 Å². The van der Waals surface area contributed by atoms with Crippen molar-refractivity contribution in [2.24, 2.45) is 0 Å². The van der Waals surface area contributed by atoms with Gasteiger partial charge in [0.2, 0.25) is 0 Å². The van der Waals surface area contributed by atoms with Crippen LogP contribution in [0, 0.1) is 0 Å². The topological polar surface area (TPSA) is 37.3 Å². The lowest BCUT2D eigenvalue weighted by Crippen LogP contribution is -1.95. The predicted octanol–water partition coefficient (Wildman–Crippen LogP) is 3.98. The molecule has 0 amide bonds. The quantitative estimate of drug-likeness (QED) is 0.808. The Bertz CT molecular complexity index is 684. The van der Waals surface area contributed by atoms with Gasteiger partial charge in [0, 0.05) is 22.0 Å². The normalized spacial score (nSPS) is 15.8. The zero-order valence-electron chi connectivity index (χ0n) is 10.1. The van der Waals surface area contributed by atoms with Gasteiger partial charge in [-0.15, -0.1) is 0 Å². The number of phenols is 1. The lowest BCUT2D eigenvalue weighted by molar-refractivity contribution is 0.104. The fourth-order valence-corrected chi connectivity index (χ4v) is 2.53. The fraction of sp³-hybridized carbons (Fsp3) is 0.0625. The molecule has 0 radical (unpaired) electrons. The number of phenolic OH excluding ortho intramolecular Hbond substituents is 1. The van der Waals surface area contributed by atoms with Gasteiger partial charge in [0.05, 0.1) is 0 Å². The molecule has 0 unspecified atom stereocenters. The maximum absolute atomic E-state index is 12.2. The third-order valence-corrected chi connectivity index (χ3v) is 3.75. The third-order valence-electron chi connectivity index (χ3n) is 3.22. The summed E-state index contributed by atoms with van der Waals surface area (Å²) in [7, 11) is 0. The van der Waals surface area contributed by atoms with Crippen molar-refractivity contribution in [2.45, 2.75) is 6.42 Å². The van der Waals surface area contributed by atoms with Crippen molar-refractivity contribution in [2.75, 3.05) is 0 Å². The van der Waals surface area contributed by atoms with E-state index in [-0.39, 0.29) is 11.5 Å². The van der Waals surface area contributed by atoms with Crippen LogP contribution >= 0.6 is 15.9 Å². The highest BCUT2D eigenvalue weighted by atomic mass is 79.9. The molecule has 0 bridgehead atoms. The maximum atomic E-state index is 12.2. The van der Waals surface area contributed by atoms with Crippen molar-refractivity contribution in [1.82, 2.24) is 0 Å². The summed E-state index contributed by atoms with van der Waals surface area (Å²) < 4.78 is 1.01. The molecule has 2 nitrogen and oxygen atoms in total. The van der Waals surface area contributed by atoms with Gasteiger partial charge in [-0.05, 0) is 41.5 Å². The van der Waals surface area contributed by atoms with Gasteiger partial charge in [-0.1, -0.05) is 34.1 Å². The van der Waals surface area contributed by atoms with E-state index < -0.39 is 0 Å². The average Bonchev–Trinajstić information content (AvgIpc) is 2.70. The zero-order chi connectivity index (χ0) is 13.4. The molecule has 0 heterocycles. The van der Waals surface area contributed by atoms with Crippen molar-refractivity contribution in [3.05, 3.63) is 69.2 Å². The van der Waals surface area contributed by atoms with Gasteiger partial charge in [-0.2, -0.15) is 0 Å². The van der Waals surface area contributed by atoms with Crippen molar-refractivity contribution >= 4 is 27.8 Å². The number of allylic oxidation sites excluding steroid dienone is 1. The first-order valence-electron chi connectivity index (χ1n) is 5.96. The summed E-state index contributed by atoms with van der Waals surface area (Å²) in [5, 5.41) is 9.44. The SMILES string of the molecule is O=C1/C(=C/c2ccc(Br)cc2)Cc2ccc(O)cc21. The Kier molecular flexibility index (Phi) is 2.99. The van der Waals surface area contributed by atoms with Crippen LogP contribution in [0.15, 0.2) is 52.5 Å². The Morgan fingerprint density at radius 1 is 1.11 bits per heavy atom. The molecule has 0 spiro atoms. The number of hydrogen-bond donors (Lipinski definition) is 1. The first-order valence-corrected chi connectivity index (χ1v) is 6.75. The summed E-state index contributed by atoms with van der Waals surface area (Å²) in [6, 6.07) is 12.8. The van der Waals surface area contributed by atoms with Crippen LogP contribution in [0.1, 0.15) is 21.5 Å². The average molecular weight is 315 g/mol. The number of rotatable bonds is 1. The second kappa shape index (κ2) is 4.67. The third kappa shape index (κ3) is 2.34. The minimum absolute atomic E-state index is 0.00817. The van der Waals surface area contributed by atoms with Gasteiger partial charge in [-0.3, -0.25) is 4.79 Å². The molecule has 0 fully saturated rings. The summed E-state index contributed by atoms with van der Waals surface area (Å²) >= 11 is 3.39. The Hall–Kier alpha value is -1.87. The zero-order valence-corrected chi connectivity index (χ0v) is 11.6. The smallest absolute Gasteiger partial charge is 0.189 e. The molecule has 19 heavy (non-hydrogen) atoms. The van der Waals surface area contributed by atoms with Gasteiger partial charge in [0.25, 0.3) is 0 Å². The lowest BCUT2D eigenvalue weighted by atomic mass is 10.1. The van der Waals surface area contributed by atoms with Crippen LogP contribution in [0.25, 0.3) is 6.08 Å². The molecule has 0 aliphatic heterocycles. The standard InChI is InChI=1S/C16H11BrO2/c17-13-4-1-10(2-5-13)7-12-8-11-3-6-14(18)9-15(11)16(12)19/h1-7,9,18H,8H2/b12-7+. The van der Waals surface area contributed by atoms with Gasteiger partial charge in [0.15, 0.2) is 5.78 Å². The summed E-state index contributed by atoms with van der Waals surface area (Å²) in [6.07, 6.45) is 2.54. The summed E-state index contributed by atoms with van der Waals surface area (Å²) in [5.41, 5.74) is 3.36. The van der Waals surface area contributed by atoms with Crippen molar-refractivity contribution in [3.8, 4) is 5.75 Å². The molecular formula is C16H11BrO2. The van der Waals surface area contributed by atoms with E-state index in [1.54, 1.807) is 12.1 Å². The van der Waals surface area contributed by atoms with Gasteiger partial charge >= 0.3 is 0 Å². The number of carbonyl (C=O) groups is 1. The number of ketones is 1. The van der Waals surface area contributed by atoms with Crippen molar-refractivity contribution < 1.29 is 9.90 Å². The van der Waals surface area contributed by atoms with E-state index in [1.807, 2.05) is 36.4 Å². The minimum atomic E-state index is 0.00817. The highest BCUT2D eigenvalue weighted by molar-refractivity contribution is 9.10. The fourth-order valence-electron chi connectivity index (χ4n) is 2.27. The molecule has 0 saturated carbocycles. The van der Waals surface area contributed by atoms with Crippen LogP contribution in [0.5, 0.6) is 5.75 Å². The van der Waals surface area contributed by atoms with Crippen LogP contribution in [0.3, 0.4) is 0 Å². The van der Waals surface area contributed by atoms with E-state index in [0.717, 1.165) is 21.2 Å². The molecular weight excluding hydrogens is 304 g/mol. The molecule has 2 aromatic carbocycles. The number of aromatic hydroxyl groups is 1. The number of Topliss-reactive ketones (excluding diaryl/α,β-unsaturated/α-hetero) is 1. The molecule has 3 heteroatoms. The van der Waals surface area contributed by atoms with E-state index in [1.165, 1.54) is 0 Å². The van der Waals surface area contributed by atoms with Crippen LogP contribution in [0.4, 0.5) is 0 Å². The maximum Gasteiger partial charge on any atom is 0.189 e. The molecule has 3 rings (SSSR count). The van der Waals surface area contributed by atoms with Crippen LogP contribution in [-0.4, -0.2) is 10.9 Å². The molecule has 1 aliphatic carbocycles. The summed E-state index contributed by atoms with van der Waals surface area (Å²) in [5.74, 6) is 0.144. The van der Waals surface area contributed by atoms with E-state index in [9.17, 15) is 9.90 Å². The first-order chi connectivity index (χ1) is 9.13. The van der Waals surface area contributed by atoms with E-state index in [4.69, 9.17) is 0 Å². The van der Waals surface area contributed by atoms with Crippen molar-refractivity contribution in [3.63, 3.8) is 0 Å². The minimum Gasteiger partial charge on any atom is -0.508 e. The molecule has 2 aromatic rings. The Morgan fingerprint density at radius 2 is 1.84 bits per heavy atom. The summed E-state index contributed by atoms with van der Waals surface area (Å²) in [4.78, 5) is 12.2. The van der Waals surface area contributed by atoms with E-state index >= 15 is 0 Å². The molecule has 1 aliphatic rings.